The summed E-state index contributed by atoms with van der Waals surface area (Å²) in [5.74, 6) is -0.741. The fourth-order valence-electron chi connectivity index (χ4n) is 1.06. The van der Waals surface area contributed by atoms with Crippen molar-refractivity contribution in [2.45, 2.75) is 12.6 Å². The van der Waals surface area contributed by atoms with Crippen LogP contribution in [0.25, 0.3) is 0 Å². The molecule has 0 aliphatic rings. The van der Waals surface area contributed by atoms with Gasteiger partial charge in [0.05, 0.1) is 6.61 Å². The van der Waals surface area contributed by atoms with E-state index in [1.165, 1.54) is 6.08 Å². The number of aliphatic imine (C=N–C) groups is 1. The van der Waals surface area contributed by atoms with Crippen molar-refractivity contribution in [3.63, 3.8) is 0 Å². The van der Waals surface area contributed by atoms with Crippen molar-refractivity contribution in [1.29, 1.82) is 0 Å². The van der Waals surface area contributed by atoms with E-state index in [-0.39, 0.29) is 6.61 Å². The minimum absolute atomic E-state index is 0.0878. The summed E-state index contributed by atoms with van der Waals surface area (Å²) < 4.78 is 4.86. The van der Waals surface area contributed by atoms with Crippen molar-refractivity contribution in [3.05, 3.63) is 35.9 Å². The Bertz CT molecular complexity index is 384. The number of nitrogens with zero attached hydrogens (tertiary/aromatic N) is 1. The number of rotatable bonds is 5. The molecule has 1 rings (SSSR count). The van der Waals surface area contributed by atoms with Gasteiger partial charge in [-0.25, -0.2) is 9.59 Å². The second kappa shape index (κ2) is 6.50. The standard InChI is InChI=1S/C11H11NO4/c13-6-10(12-8-14)11(15)16-7-9-4-2-1-3-5-9/h1-5,10,13H,6-7H2. The summed E-state index contributed by atoms with van der Waals surface area (Å²) in [6, 6.07) is 7.89. The maximum absolute atomic E-state index is 11.3. The monoisotopic (exact) mass is 221 g/mol. The lowest BCUT2D eigenvalue weighted by Crippen LogP contribution is -2.24. The minimum atomic E-state index is -1.18. The largest absolute Gasteiger partial charge is 0.459 e. The van der Waals surface area contributed by atoms with Gasteiger partial charge in [-0.1, -0.05) is 30.3 Å². The summed E-state index contributed by atoms with van der Waals surface area (Å²) in [6.07, 6.45) is 1.21. The Morgan fingerprint density at radius 3 is 2.69 bits per heavy atom. The van der Waals surface area contributed by atoms with Gasteiger partial charge in [-0.15, -0.1) is 0 Å². The number of hydrogen-bond donors (Lipinski definition) is 1. The number of aliphatic hydroxyl groups excluding tert-OH is 1. The maximum Gasteiger partial charge on any atom is 0.334 e. The molecule has 1 N–H and O–H groups in total. The van der Waals surface area contributed by atoms with Crippen LogP contribution in [0.4, 0.5) is 0 Å². The molecule has 0 spiro atoms. The molecule has 1 aromatic rings. The minimum Gasteiger partial charge on any atom is -0.459 e. The summed E-state index contributed by atoms with van der Waals surface area (Å²) in [7, 11) is 0. The van der Waals surface area contributed by atoms with Crippen LogP contribution in [0.15, 0.2) is 35.3 Å². The van der Waals surface area contributed by atoms with E-state index >= 15 is 0 Å². The second-order valence-electron chi connectivity index (χ2n) is 3.01. The van der Waals surface area contributed by atoms with Crippen molar-refractivity contribution in [2.24, 2.45) is 4.99 Å². The molecule has 0 aliphatic heterocycles. The number of isocyanates is 1. The number of hydrogen-bond acceptors (Lipinski definition) is 5. The van der Waals surface area contributed by atoms with Gasteiger partial charge < -0.3 is 9.84 Å². The van der Waals surface area contributed by atoms with Crippen molar-refractivity contribution in [3.8, 4) is 0 Å². The lowest BCUT2D eigenvalue weighted by atomic mass is 10.2. The predicted molar refractivity (Wildman–Crippen MR) is 55.2 cm³/mol. The molecule has 0 aromatic heterocycles. The molecule has 0 fully saturated rings. The molecule has 1 unspecified atom stereocenters. The maximum atomic E-state index is 11.3. The third-order valence-electron chi connectivity index (χ3n) is 1.88. The third kappa shape index (κ3) is 3.65. The summed E-state index contributed by atoms with van der Waals surface area (Å²) in [6.45, 7) is -0.479. The zero-order valence-electron chi connectivity index (χ0n) is 8.50. The SMILES string of the molecule is O=C=NC(CO)C(=O)OCc1ccccc1. The fraction of sp³-hybridized carbons (Fsp3) is 0.273. The zero-order valence-corrected chi connectivity index (χ0v) is 8.50. The Kier molecular flexibility index (Phi) is 4.92. The molecule has 0 bridgehead atoms. The van der Waals surface area contributed by atoms with Gasteiger partial charge >= 0.3 is 5.97 Å². The topological polar surface area (TPSA) is 76.0 Å². The fourth-order valence-corrected chi connectivity index (χ4v) is 1.06. The van der Waals surface area contributed by atoms with Crippen molar-refractivity contribution >= 4 is 12.0 Å². The van der Waals surface area contributed by atoms with Crippen LogP contribution in [0, 0.1) is 0 Å². The molecule has 0 radical (unpaired) electrons. The molecule has 0 saturated carbocycles. The summed E-state index contributed by atoms with van der Waals surface area (Å²) in [5.41, 5.74) is 0.822. The Hall–Kier alpha value is -1.97. The number of aliphatic hydroxyl groups is 1. The molecule has 16 heavy (non-hydrogen) atoms. The zero-order chi connectivity index (χ0) is 11.8. The van der Waals surface area contributed by atoms with Crippen LogP contribution in [0.1, 0.15) is 5.56 Å². The van der Waals surface area contributed by atoms with Crippen LogP contribution in [0.5, 0.6) is 0 Å². The highest BCUT2D eigenvalue weighted by atomic mass is 16.5. The first kappa shape index (κ1) is 12.1. The van der Waals surface area contributed by atoms with Gasteiger partial charge in [0.15, 0.2) is 6.04 Å². The second-order valence-corrected chi connectivity index (χ2v) is 3.01. The van der Waals surface area contributed by atoms with E-state index in [4.69, 9.17) is 9.84 Å². The first-order valence-electron chi connectivity index (χ1n) is 4.66. The van der Waals surface area contributed by atoms with E-state index in [1.54, 1.807) is 12.1 Å². The highest BCUT2D eigenvalue weighted by Crippen LogP contribution is 2.02. The van der Waals surface area contributed by atoms with Gasteiger partial charge in [-0.3, -0.25) is 0 Å². The van der Waals surface area contributed by atoms with Crippen LogP contribution in [0.2, 0.25) is 0 Å². The first-order valence-corrected chi connectivity index (χ1v) is 4.66. The van der Waals surface area contributed by atoms with Gasteiger partial charge in [-0.05, 0) is 5.56 Å². The van der Waals surface area contributed by atoms with Crippen molar-refractivity contribution < 1.29 is 19.4 Å². The molecule has 5 heteroatoms. The molecule has 0 amide bonds. The van der Waals surface area contributed by atoms with Gasteiger partial charge in [0.2, 0.25) is 6.08 Å². The van der Waals surface area contributed by atoms with Crippen LogP contribution in [-0.2, 0) is 20.9 Å². The van der Waals surface area contributed by atoms with Crippen LogP contribution in [0.3, 0.4) is 0 Å². The molecular formula is C11H11NO4. The van der Waals surface area contributed by atoms with E-state index in [9.17, 15) is 9.59 Å². The lowest BCUT2D eigenvalue weighted by Gasteiger charge is -2.07. The van der Waals surface area contributed by atoms with Crippen molar-refractivity contribution in [1.82, 2.24) is 0 Å². The quantitative estimate of drug-likeness (QED) is 0.444. The normalized spacial score (nSPS) is 11.3. The Labute approximate surface area is 92.4 Å². The molecular weight excluding hydrogens is 210 g/mol. The smallest absolute Gasteiger partial charge is 0.334 e. The summed E-state index contributed by atoms with van der Waals surface area (Å²) in [5, 5.41) is 8.75. The highest BCUT2D eigenvalue weighted by molar-refractivity contribution is 5.77. The van der Waals surface area contributed by atoms with E-state index in [0.717, 1.165) is 5.56 Å². The van der Waals surface area contributed by atoms with E-state index in [1.807, 2.05) is 18.2 Å². The number of carbonyl (C=O) groups excluding carboxylic acids is 2. The van der Waals surface area contributed by atoms with Crippen molar-refractivity contribution in [2.75, 3.05) is 6.61 Å². The number of carbonyl (C=O) groups is 1. The number of benzene rings is 1. The van der Waals surface area contributed by atoms with E-state index in [0.29, 0.717) is 0 Å². The van der Waals surface area contributed by atoms with Crippen LogP contribution in [-0.4, -0.2) is 29.8 Å². The highest BCUT2D eigenvalue weighted by Gasteiger charge is 2.17. The predicted octanol–water partition coefficient (Wildman–Crippen LogP) is 0.426. The molecule has 84 valence electrons. The molecule has 0 saturated heterocycles. The molecule has 0 aliphatic carbocycles. The Balaban J connectivity index is 2.49. The van der Waals surface area contributed by atoms with E-state index < -0.39 is 18.6 Å². The average molecular weight is 221 g/mol. The Morgan fingerprint density at radius 2 is 2.12 bits per heavy atom. The van der Waals surface area contributed by atoms with E-state index in [2.05, 4.69) is 4.99 Å². The molecule has 5 nitrogen and oxygen atoms in total. The van der Waals surface area contributed by atoms with Gasteiger partial charge in [0.25, 0.3) is 0 Å². The first-order chi connectivity index (χ1) is 7.77. The van der Waals surface area contributed by atoms with Crippen LogP contribution < -0.4 is 0 Å². The molecule has 1 aromatic carbocycles. The van der Waals surface area contributed by atoms with Crippen LogP contribution >= 0.6 is 0 Å². The summed E-state index contributed by atoms with van der Waals surface area (Å²) in [4.78, 5) is 24.3. The van der Waals surface area contributed by atoms with Gasteiger partial charge in [-0.2, -0.15) is 4.99 Å². The average Bonchev–Trinajstić information content (AvgIpc) is 2.34. The summed E-state index contributed by atoms with van der Waals surface area (Å²) >= 11 is 0. The number of ether oxygens (including phenoxy) is 1. The number of esters is 1. The Morgan fingerprint density at radius 1 is 1.44 bits per heavy atom. The molecule has 0 heterocycles. The molecule has 1 atom stereocenters. The lowest BCUT2D eigenvalue weighted by molar-refractivity contribution is -0.147. The van der Waals surface area contributed by atoms with Gasteiger partial charge in [0, 0.05) is 0 Å². The third-order valence-corrected chi connectivity index (χ3v) is 1.88. The van der Waals surface area contributed by atoms with Gasteiger partial charge in [0.1, 0.15) is 6.61 Å².